The quantitative estimate of drug-likeness (QED) is 0.359. The molecule has 0 amide bonds. The predicted octanol–water partition coefficient (Wildman–Crippen LogP) is 2.08. The molecule has 6 nitrogen and oxygen atoms in total. The summed E-state index contributed by atoms with van der Waals surface area (Å²) in [6, 6.07) is 0.956. The Hall–Kier alpha value is -0.120. The predicted molar refractivity (Wildman–Crippen MR) is 116 cm³/mol. The lowest BCUT2D eigenvalue weighted by Gasteiger charge is -2.60. The summed E-state index contributed by atoms with van der Waals surface area (Å²) in [6.07, 6.45) is 5.17. The Morgan fingerprint density at radius 1 is 1.23 bits per heavy atom. The fourth-order valence-electron chi connectivity index (χ4n) is 4.85. The van der Waals surface area contributed by atoms with E-state index in [1.54, 1.807) is 7.11 Å². The van der Waals surface area contributed by atoms with E-state index in [-0.39, 0.29) is 29.4 Å². The summed E-state index contributed by atoms with van der Waals surface area (Å²) < 4.78 is 11.2. The van der Waals surface area contributed by atoms with Crippen molar-refractivity contribution in [1.82, 2.24) is 15.5 Å². The van der Waals surface area contributed by atoms with E-state index in [0.717, 1.165) is 51.6 Å². The first kappa shape index (κ1) is 22.2. The third-order valence-corrected chi connectivity index (χ3v) is 6.39. The molecule has 0 aromatic heterocycles. The SMILES string of the molecule is CN=C(NC1CCN(CCOC)CC1)NC1C2CCCOC2C1(C)C.I. The molecule has 3 atom stereocenters. The van der Waals surface area contributed by atoms with E-state index in [2.05, 4.69) is 34.4 Å². The summed E-state index contributed by atoms with van der Waals surface area (Å²) in [5.74, 6) is 1.58. The molecule has 2 saturated heterocycles. The van der Waals surface area contributed by atoms with Gasteiger partial charge < -0.3 is 25.0 Å². The maximum atomic E-state index is 6.02. The molecule has 3 rings (SSSR count). The number of ether oxygens (including phenoxy) is 2. The van der Waals surface area contributed by atoms with E-state index in [9.17, 15) is 0 Å². The molecule has 2 aliphatic heterocycles. The van der Waals surface area contributed by atoms with Crippen LogP contribution >= 0.6 is 24.0 Å². The molecular weight excluding hydrogens is 443 g/mol. The second-order valence-corrected chi connectivity index (χ2v) is 8.37. The Balaban J connectivity index is 0.00000243. The van der Waals surface area contributed by atoms with Gasteiger partial charge in [0.1, 0.15) is 0 Å². The highest BCUT2D eigenvalue weighted by molar-refractivity contribution is 14.0. The zero-order valence-electron chi connectivity index (χ0n) is 16.8. The van der Waals surface area contributed by atoms with Crippen LogP contribution in [0.2, 0.25) is 0 Å². The van der Waals surface area contributed by atoms with Crippen molar-refractivity contribution < 1.29 is 9.47 Å². The molecule has 0 radical (unpaired) electrons. The van der Waals surface area contributed by atoms with Crippen LogP contribution in [0.25, 0.3) is 0 Å². The standard InChI is InChI=1S/C19H36N4O2.HI/c1-19(2)16(15-6-5-12-25-17(15)19)22-18(20-3)21-14-7-9-23(10-8-14)11-13-24-4;/h14-17H,5-13H2,1-4H3,(H2,20,21,22);1H. The van der Waals surface area contributed by atoms with Crippen molar-refractivity contribution >= 4 is 29.9 Å². The number of methoxy groups -OCH3 is 1. The lowest BCUT2D eigenvalue weighted by Crippen LogP contribution is -2.71. The van der Waals surface area contributed by atoms with Crippen molar-refractivity contribution in [3.63, 3.8) is 0 Å². The number of hydrogen-bond donors (Lipinski definition) is 2. The van der Waals surface area contributed by atoms with Crippen LogP contribution in [-0.2, 0) is 9.47 Å². The van der Waals surface area contributed by atoms with Crippen LogP contribution in [0.1, 0.15) is 39.5 Å². The van der Waals surface area contributed by atoms with Crippen molar-refractivity contribution in [2.24, 2.45) is 16.3 Å². The van der Waals surface area contributed by atoms with Crippen LogP contribution in [0.4, 0.5) is 0 Å². The summed E-state index contributed by atoms with van der Waals surface area (Å²) in [5, 5.41) is 7.37. The summed E-state index contributed by atoms with van der Waals surface area (Å²) in [7, 11) is 3.65. The average molecular weight is 480 g/mol. The highest BCUT2D eigenvalue weighted by Crippen LogP contribution is 2.51. The molecule has 3 aliphatic rings. The first-order valence-corrected chi connectivity index (χ1v) is 9.89. The Morgan fingerprint density at radius 2 is 1.96 bits per heavy atom. The molecular formula is C19H37IN4O2. The topological polar surface area (TPSA) is 58.1 Å². The summed E-state index contributed by atoms with van der Waals surface area (Å²) in [5.41, 5.74) is 0.173. The number of likely N-dealkylation sites (tertiary alicyclic amines) is 1. The van der Waals surface area contributed by atoms with Gasteiger partial charge in [-0.25, -0.2) is 0 Å². The molecule has 1 aliphatic carbocycles. The highest BCUT2D eigenvalue weighted by atomic mass is 127. The van der Waals surface area contributed by atoms with Gasteiger partial charge in [0.2, 0.25) is 0 Å². The van der Waals surface area contributed by atoms with Crippen molar-refractivity contribution in [2.45, 2.75) is 57.7 Å². The minimum absolute atomic E-state index is 0. The monoisotopic (exact) mass is 480 g/mol. The summed E-state index contributed by atoms with van der Waals surface area (Å²) >= 11 is 0. The molecule has 7 heteroatoms. The number of rotatable bonds is 5. The van der Waals surface area contributed by atoms with E-state index in [1.807, 2.05) is 7.05 Å². The van der Waals surface area contributed by atoms with Crippen molar-refractivity contribution in [2.75, 3.05) is 47.0 Å². The van der Waals surface area contributed by atoms with Crippen LogP contribution in [0.15, 0.2) is 4.99 Å². The summed E-state index contributed by atoms with van der Waals surface area (Å²) in [6.45, 7) is 9.68. The fourth-order valence-corrected chi connectivity index (χ4v) is 4.85. The van der Waals surface area contributed by atoms with Crippen LogP contribution in [0.3, 0.4) is 0 Å². The summed E-state index contributed by atoms with van der Waals surface area (Å²) in [4.78, 5) is 6.98. The highest BCUT2D eigenvalue weighted by Gasteiger charge is 2.58. The molecule has 0 aromatic rings. The first-order valence-electron chi connectivity index (χ1n) is 9.89. The van der Waals surface area contributed by atoms with Gasteiger partial charge in [0, 0.05) is 63.8 Å². The van der Waals surface area contributed by atoms with Crippen LogP contribution < -0.4 is 10.6 Å². The van der Waals surface area contributed by atoms with Gasteiger partial charge in [-0.05, 0) is 25.7 Å². The average Bonchev–Trinajstić information content (AvgIpc) is 2.64. The second kappa shape index (κ2) is 9.89. The molecule has 0 bridgehead atoms. The molecule has 2 N–H and O–H groups in total. The Morgan fingerprint density at radius 3 is 2.62 bits per heavy atom. The van der Waals surface area contributed by atoms with E-state index in [1.165, 1.54) is 12.8 Å². The number of fused-ring (bicyclic) bond motifs is 1. The third kappa shape index (κ3) is 4.83. The molecule has 152 valence electrons. The number of nitrogens with one attached hydrogen (secondary N) is 2. The lowest BCUT2D eigenvalue weighted by atomic mass is 9.55. The lowest BCUT2D eigenvalue weighted by molar-refractivity contribution is -0.188. The third-order valence-electron chi connectivity index (χ3n) is 6.39. The normalized spacial score (nSPS) is 32.2. The van der Waals surface area contributed by atoms with Gasteiger partial charge in [-0.1, -0.05) is 13.8 Å². The van der Waals surface area contributed by atoms with Crippen molar-refractivity contribution in [3.05, 3.63) is 0 Å². The van der Waals surface area contributed by atoms with Gasteiger partial charge in [0.25, 0.3) is 0 Å². The Labute approximate surface area is 175 Å². The minimum atomic E-state index is 0. The number of nitrogens with zero attached hydrogens (tertiary/aromatic N) is 2. The van der Waals surface area contributed by atoms with Crippen molar-refractivity contribution in [1.29, 1.82) is 0 Å². The number of hydrogen-bond acceptors (Lipinski definition) is 4. The molecule has 0 spiro atoms. The number of aliphatic imine (C=N–C) groups is 1. The van der Waals surface area contributed by atoms with Gasteiger partial charge in [-0.3, -0.25) is 4.99 Å². The molecule has 0 aromatic carbocycles. The van der Waals surface area contributed by atoms with E-state index < -0.39 is 0 Å². The van der Waals surface area contributed by atoms with E-state index >= 15 is 0 Å². The van der Waals surface area contributed by atoms with Gasteiger partial charge in [-0.2, -0.15) is 0 Å². The smallest absolute Gasteiger partial charge is 0.191 e. The van der Waals surface area contributed by atoms with Crippen LogP contribution in [0.5, 0.6) is 0 Å². The van der Waals surface area contributed by atoms with E-state index in [0.29, 0.717) is 24.1 Å². The molecule has 3 unspecified atom stereocenters. The number of halogens is 1. The zero-order chi connectivity index (χ0) is 17.9. The molecule has 3 fully saturated rings. The fraction of sp³-hybridized carbons (Fsp3) is 0.947. The molecule has 26 heavy (non-hydrogen) atoms. The van der Waals surface area contributed by atoms with Gasteiger partial charge >= 0.3 is 0 Å². The number of guanidine groups is 1. The van der Waals surface area contributed by atoms with E-state index in [4.69, 9.17) is 9.47 Å². The maximum Gasteiger partial charge on any atom is 0.191 e. The van der Waals surface area contributed by atoms with Gasteiger partial charge in [0.05, 0.1) is 12.7 Å². The molecule has 2 heterocycles. The first-order chi connectivity index (χ1) is 12.1. The van der Waals surface area contributed by atoms with Crippen LogP contribution in [-0.4, -0.2) is 76.1 Å². The van der Waals surface area contributed by atoms with Crippen molar-refractivity contribution in [3.8, 4) is 0 Å². The largest absolute Gasteiger partial charge is 0.383 e. The second-order valence-electron chi connectivity index (χ2n) is 8.37. The van der Waals surface area contributed by atoms with Gasteiger partial charge in [0.15, 0.2) is 5.96 Å². The van der Waals surface area contributed by atoms with Gasteiger partial charge in [-0.15, -0.1) is 24.0 Å². The minimum Gasteiger partial charge on any atom is -0.383 e. The Kier molecular flexibility index (Phi) is 8.43. The zero-order valence-corrected chi connectivity index (χ0v) is 19.1. The number of piperidine rings is 1. The van der Waals surface area contributed by atoms with Crippen LogP contribution in [0, 0.1) is 11.3 Å². The maximum absolute atomic E-state index is 6.02. The molecule has 1 saturated carbocycles. The Bertz CT molecular complexity index is 466.